The topological polar surface area (TPSA) is 94.1 Å². The van der Waals surface area contributed by atoms with E-state index in [4.69, 9.17) is 14.2 Å². The van der Waals surface area contributed by atoms with Crippen molar-refractivity contribution in [2.45, 2.75) is 25.6 Å². The summed E-state index contributed by atoms with van der Waals surface area (Å²) in [6.07, 6.45) is -2.05. The molecule has 0 fully saturated rings. The van der Waals surface area contributed by atoms with Crippen molar-refractivity contribution >= 4 is 63.7 Å². The Morgan fingerprint density at radius 1 is 1.12 bits per heavy atom. The number of ether oxygens (including phenoxy) is 3. The predicted octanol–water partition coefficient (Wildman–Crippen LogP) is 5.71. The van der Waals surface area contributed by atoms with Crippen LogP contribution in [0.2, 0.25) is 0 Å². The zero-order valence-electron chi connectivity index (χ0n) is 18.6. The van der Waals surface area contributed by atoms with Crippen molar-refractivity contribution in [3.8, 4) is 5.75 Å². The minimum atomic E-state index is -0.945. The summed E-state index contributed by atoms with van der Waals surface area (Å²) in [6.45, 7) is 2.20. The van der Waals surface area contributed by atoms with Gasteiger partial charge in [0.15, 0.2) is 6.10 Å². The van der Waals surface area contributed by atoms with Gasteiger partial charge in [0.05, 0.1) is 18.0 Å². The molecule has 0 aliphatic heterocycles. The molecule has 0 aliphatic carbocycles. The number of esters is 1. The van der Waals surface area contributed by atoms with Gasteiger partial charge in [0, 0.05) is 27.5 Å². The molecule has 0 saturated carbocycles. The van der Waals surface area contributed by atoms with E-state index in [1.54, 1.807) is 24.3 Å². The van der Waals surface area contributed by atoms with Crippen molar-refractivity contribution in [2.75, 3.05) is 24.3 Å². The van der Waals surface area contributed by atoms with Gasteiger partial charge >= 0.3 is 12.1 Å². The maximum atomic E-state index is 13.0. The minimum Gasteiger partial charge on any atom is -0.508 e. The van der Waals surface area contributed by atoms with Crippen LogP contribution in [0.5, 0.6) is 5.75 Å². The highest BCUT2D eigenvalue weighted by Gasteiger charge is 2.30. The Morgan fingerprint density at radius 3 is 2.65 bits per heavy atom. The van der Waals surface area contributed by atoms with Gasteiger partial charge in [0.1, 0.15) is 11.9 Å². The number of fused-ring (bicyclic) bond motifs is 1. The van der Waals surface area contributed by atoms with Crippen molar-refractivity contribution < 1.29 is 28.9 Å². The van der Waals surface area contributed by atoms with Crippen LogP contribution in [0.1, 0.15) is 25.0 Å². The van der Waals surface area contributed by atoms with Crippen LogP contribution in [0, 0.1) is 3.57 Å². The number of hydrogen-bond donors (Lipinski definition) is 3. The van der Waals surface area contributed by atoms with Crippen LogP contribution in [0.4, 0.5) is 10.5 Å². The fourth-order valence-corrected chi connectivity index (χ4v) is 4.16. The molecule has 9 heteroatoms. The third-order valence-corrected chi connectivity index (χ3v) is 6.00. The number of carbonyl (C=O) groups excluding carboxylic acids is 2. The number of hydrogen-bond acceptors (Lipinski definition) is 7. The first kappa shape index (κ1) is 26.1. The number of aromatic hydroxyl groups is 1. The lowest BCUT2D eigenvalue weighted by Crippen LogP contribution is -2.30. The van der Waals surface area contributed by atoms with Crippen LogP contribution in [0.25, 0.3) is 10.8 Å². The minimum absolute atomic E-state index is 0.0274. The van der Waals surface area contributed by atoms with Crippen LogP contribution in [-0.2, 0) is 19.0 Å². The Morgan fingerprint density at radius 2 is 1.88 bits per heavy atom. The van der Waals surface area contributed by atoms with E-state index in [0.717, 1.165) is 14.3 Å². The summed E-state index contributed by atoms with van der Waals surface area (Å²) in [4.78, 5) is 24.5. The van der Waals surface area contributed by atoms with Crippen molar-refractivity contribution in [3.63, 3.8) is 0 Å². The van der Waals surface area contributed by atoms with E-state index in [-0.39, 0.29) is 24.5 Å². The molecule has 3 aromatic carbocycles. The van der Waals surface area contributed by atoms with Crippen LogP contribution < -0.4 is 5.32 Å². The molecule has 0 spiro atoms. The molecule has 0 radical (unpaired) electrons. The number of amides is 1. The zero-order chi connectivity index (χ0) is 24.5. The number of nitrogens with one attached hydrogen (secondary N) is 1. The lowest BCUT2D eigenvalue weighted by molar-refractivity contribution is -0.142. The van der Waals surface area contributed by atoms with Crippen LogP contribution in [0.3, 0.4) is 0 Å². The molecule has 0 aromatic heterocycles. The average molecular weight is 595 g/mol. The van der Waals surface area contributed by atoms with E-state index in [0.29, 0.717) is 17.9 Å². The Labute approximate surface area is 217 Å². The molecule has 2 N–H and O–H groups in total. The van der Waals surface area contributed by atoms with Crippen LogP contribution >= 0.6 is 35.2 Å². The van der Waals surface area contributed by atoms with Gasteiger partial charge in [-0.05, 0) is 59.2 Å². The van der Waals surface area contributed by atoms with Gasteiger partial charge in [0.2, 0.25) is 0 Å². The SMILES string of the molecule is CCO[C@H](CCOC(=O)CS)[C@H](OC(=O)Nc1cccc2ccccc12)c1cc(I)ccc1O. The number of carbonyl (C=O) groups is 2. The van der Waals surface area contributed by atoms with Crippen molar-refractivity contribution in [3.05, 3.63) is 69.8 Å². The summed E-state index contributed by atoms with van der Waals surface area (Å²) in [7, 11) is 0. The largest absolute Gasteiger partial charge is 0.508 e. The molecule has 1 amide bonds. The third-order valence-electron chi connectivity index (χ3n) is 5.07. The summed E-state index contributed by atoms with van der Waals surface area (Å²) in [6, 6.07) is 18.3. The lowest BCUT2D eigenvalue weighted by Gasteiger charge is -2.28. The molecular formula is C25H26INO6S. The molecule has 3 rings (SSSR count). The Kier molecular flexibility index (Phi) is 9.85. The second kappa shape index (κ2) is 12.8. The fourth-order valence-electron chi connectivity index (χ4n) is 3.55. The number of anilines is 1. The zero-order valence-corrected chi connectivity index (χ0v) is 21.6. The van der Waals surface area contributed by atoms with Gasteiger partial charge in [-0.3, -0.25) is 10.1 Å². The normalized spacial score (nSPS) is 12.7. The second-order valence-corrected chi connectivity index (χ2v) is 8.90. The summed E-state index contributed by atoms with van der Waals surface area (Å²) in [5.41, 5.74) is 1.00. The van der Waals surface area contributed by atoms with E-state index >= 15 is 0 Å². The first-order chi connectivity index (χ1) is 16.4. The molecule has 0 bridgehead atoms. The lowest BCUT2D eigenvalue weighted by atomic mass is 10.0. The molecule has 0 aliphatic rings. The molecule has 0 saturated heterocycles. The molecule has 0 heterocycles. The Hall–Kier alpha value is -2.50. The van der Waals surface area contributed by atoms with E-state index in [1.807, 2.05) is 43.3 Å². The van der Waals surface area contributed by atoms with Gasteiger partial charge in [0.25, 0.3) is 0 Å². The van der Waals surface area contributed by atoms with Crippen molar-refractivity contribution in [1.29, 1.82) is 0 Å². The van der Waals surface area contributed by atoms with E-state index in [9.17, 15) is 14.7 Å². The molecule has 2 atom stereocenters. The standard InChI is InChI=1S/C25H26INO6S/c1-2-31-22(12-13-32-23(29)15-34)24(19-14-17(26)10-11-21(19)28)33-25(30)27-20-9-5-7-16-6-3-4-8-18(16)20/h3-11,14,22,24,28,34H,2,12-13,15H2,1H3,(H,27,30)/t22-,24-/m1/s1. The van der Waals surface area contributed by atoms with Crippen LogP contribution in [0.15, 0.2) is 60.7 Å². The Balaban J connectivity index is 1.86. The Bertz CT molecular complexity index is 1140. The van der Waals surface area contributed by atoms with Crippen LogP contribution in [-0.4, -0.2) is 42.2 Å². The average Bonchev–Trinajstić information content (AvgIpc) is 2.84. The number of halogens is 1. The highest BCUT2D eigenvalue weighted by Crippen LogP contribution is 2.34. The van der Waals surface area contributed by atoms with E-state index < -0.39 is 24.3 Å². The highest BCUT2D eigenvalue weighted by atomic mass is 127. The van der Waals surface area contributed by atoms with E-state index in [1.165, 1.54) is 0 Å². The number of thiol groups is 1. The van der Waals surface area contributed by atoms with Crippen molar-refractivity contribution in [1.82, 2.24) is 0 Å². The summed E-state index contributed by atoms with van der Waals surface area (Å²) >= 11 is 6.02. The van der Waals surface area contributed by atoms with Gasteiger partial charge in [-0.2, -0.15) is 12.6 Å². The quantitative estimate of drug-likeness (QED) is 0.158. The smallest absolute Gasteiger partial charge is 0.412 e. The molecule has 3 aromatic rings. The monoisotopic (exact) mass is 595 g/mol. The van der Waals surface area contributed by atoms with Gasteiger partial charge in [-0.1, -0.05) is 36.4 Å². The van der Waals surface area contributed by atoms with Gasteiger partial charge < -0.3 is 19.3 Å². The molecule has 0 unspecified atom stereocenters. The number of rotatable bonds is 10. The fraction of sp³-hybridized carbons (Fsp3) is 0.280. The second-order valence-electron chi connectivity index (χ2n) is 7.34. The first-order valence-corrected chi connectivity index (χ1v) is 12.5. The summed E-state index contributed by atoms with van der Waals surface area (Å²) in [5.74, 6) is -0.521. The number of benzene rings is 3. The third kappa shape index (κ3) is 7.00. The summed E-state index contributed by atoms with van der Waals surface area (Å²) < 4.78 is 17.7. The molecule has 180 valence electrons. The van der Waals surface area contributed by atoms with Gasteiger partial charge in [-0.25, -0.2) is 4.79 Å². The summed E-state index contributed by atoms with van der Waals surface area (Å²) in [5, 5.41) is 15.2. The molecular weight excluding hydrogens is 569 g/mol. The highest BCUT2D eigenvalue weighted by molar-refractivity contribution is 14.1. The first-order valence-electron chi connectivity index (χ1n) is 10.7. The van der Waals surface area contributed by atoms with E-state index in [2.05, 4.69) is 40.5 Å². The number of phenols is 1. The maximum Gasteiger partial charge on any atom is 0.412 e. The number of phenolic OH excluding ortho intramolecular Hbond substituents is 1. The maximum absolute atomic E-state index is 13.0. The molecule has 7 nitrogen and oxygen atoms in total. The predicted molar refractivity (Wildman–Crippen MR) is 142 cm³/mol. The van der Waals surface area contributed by atoms with Crippen molar-refractivity contribution in [2.24, 2.45) is 0 Å². The van der Waals surface area contributed by atoms with Gasteiger partial charge in [-0.15, -0.1) is 0 Å². The molecule has 34 heavy (non-hydrogen) atoms.